The Kier molecular flexibility index (Phi) is 6.73. The smallest absolute Gasteiger partial charge is 0.264 e. The molecule has 2 nitrogen and oxygen atoms in total. The van der Waals surface area contributed by atoms with Crippen LogP contribution in [0.2, 0.25) is 0 Å². The number of hydrogen-bond acceptors (Lipinski definition) is 3. The monoisotopic (exact) mass is 670 g/mol. The van der Waals surface area contributed by atoms with E-state index in [1.165, 1.54) is 101 Å². The zero-order valence-corrected chi connectivity index (χ0v) is 31.8. The summed E-state index contributed by atoms with van der Waals surface area (Å²) in [5, 5.41) is 1.34. The average Bonchev–Trinajstić information content (AvgIpc) is 3.45. The maximum absolute atomic E-state index is 2.66. The summed E-state index contributed by atoms with van der Waals surface area (Å²) < 4.78 is 2.79. The normalized spacial score (nSPS) is 16.9. The fourth-order valence-electron chi connectivity index (χ4n) is 9.00. The van der Waals surface area contributed by atoms with E-state index in [9.17, 15) is 0 Å². The molecule has 250 valence electrons. The van der Waals surface area contributed by atoms with Gasteiger partial charge in [0.05, 0.1) is 5.69 Å². The van der Waals surface area contributed by atoms with Gasteiger partial charge in [-0.3, -0.25) is 0 Å². The summed E-state index contributed by atoms with van der Waals surface area (Å²) in [6.45, 7) is 21.4. The third-order valence-corrected chi connectivity index (χ3v) is 13.2. The van der Waals surface area contributed by atoms with Crippen LogP contribution in [0.3, 0.4) is 0 Å². The van der Waals surface area contributed by atoms with Crippen molar-refractivity contribution >= 4 is 78.0 Å². The first kappa shape index (κ1) is 31.7. The van der Waals surface area contributed by atoms with Gasteiger partial charge in [0.2, 0.25) is 0 Å². The SMILES string of the molecule is Cc1cccc(N2c3cc(C)ccc3B3c4sc5ccccc5c4N(c4ccc5c(c4)C(C)(C)CCC5(C)C)c4cc(C(C)(C)C)cc2c43)c1. The van der Waals surface area contributed by atoms with Crippen LogP contribution in [-0.2, 0) is 16.2 Å². The Morgan fingerprint density at radius 1 is 0.640 bits per heavy atom. The molecule has 4 heteroatoms. The molecule has 0 amide bonds. The van der Waals surface area contributed by atoms with Crippen molar-refractivity contribution in [1.82, 2.24) is 0 Å². The molecule has 0 saturated heterocycles. The minimum atomic E-state index is -0.0449. The highest BCUT2D eigenvalue weighted by Crippen LogP contribution is 2.52. The Balaban J connectivity index is 1.42. The summed E-state index contributed by atoms with van der Waals surface area (Å²) in [5.41, 5.74) is 17.7. The predicted molar refractivity (Wildman–Crippen MR) is 219 cm³/mol. The van der Waals surface area contributed by atoms with Crippen LogP contribution in [0.15, 0.2) is 97.1 Å². The lowest BCUT2D eigenvalue weighted by Gasteiger charge is -2.45. The molecular weight excluding hydrogens is 623 g/mol. The van der Waals surface area contributed by atoms with Gasteiger partial charge in [-0.2, -0.15) is 0 Å². The van der Waals surface area contributed by atoms with Gasteiger partial charge in [-0.1, -0.05) is 97.0 Å². The second kappa shape index (κ2) is 10.6. The number of rotatable bonds is 2. The fraction of sp³-hybridized carbons (Fsp3) is 0.304. The van der Waals surface area contributed by atoms with E-state index < -0.39 is 0 Å². The first-order chi connectivity index (χ1) is 23.7. The van der Waals surface area contributed by atoms with Crippen molar-refractivity contribution in [3.05, 3.63) is 125 Å². The molecule has 0 radical (unpaired) electrons. The van der Waals surface area contributed by atoms with Gasteiger partial charge in [-0.25, -0.2) is 0 Å². The Morgan fingerprint density at radius 2 is 1.32 bits per heavy atom. The molecule has 2 aliphatic heterocycles. The summed E-state index contributed by atoms with van der Waals surface area (Å²) in [6.07, 6.45) is 2.41. The van der Waals surface area contributed by atoms with Crippen LogP contribution in [0.25, 0.3) is 10.1 Å². The van der Waals surface area contributed by atoms with Crippen LogP contribution < -0.4 is 25.5 Å². The third-order valence-electron chi connectivity index (χ3n) is 11.9. The van der Waals surface area contributed by atoms with Gasteiger partial charge >= 0.3 is 0 Å². The van der Waals surface area contributed by atoms with Crippen LogP contribution in [0.5, 0.6) is 0 Å². The molecule has 0 atom stereocenters. The van der Waals surface area contributed by atoms with E-state index >= 15 is 0 Å². The Bertz CT molecular complexity index is 2370. The standard InChI is InChI=1S/C46H47BN2S/c1-28-13-12-14-31(23-28)48-37-24-29(2)17-20-36(37)47-41-38(48)25-30(44(3,4)5)26-39(41)49(42-33-15-10-11-16-40(33)50-43(42)47)32-18-19-34-35(27-32)46(8,9)22-21-45(34,6)7/h10-20,23-27H,21-22H2,1-9H3. The largest absolute Gasteiger partial charge is 0.311 e. The first-order valence-corrected chi connectivity index (χ1v) is 19.2. The number of nitrogens with zero attached hydrogens (tertiary/aromatic N) is 2. The van der Waals surface area contributed by atoms with E-state index in [2.05, 4.69) is 169 Å². The van der Waals surface area contributed by atoms with Crippen molar-refractivity contribution in [1.29, 1.82) is 0 Å². The highest BCUT2D eigenvalue weighted by atomic mass is 32.1. The van der Waals surface area contributed by atoms with Crippen molar-refractivity contribution < 1.29 is 0 Å². The number of hydrogen-bond donors (Lipinski definition) is 0. The number of benzene rings is 5. The molecule has 50 heavy (non-hydrogen) atoms. The van der Waals surface area contributed by atoms with Gasteiger partial charge in [0.15, 0.2) is 0 Å². The Hall–Kier alpha value is -4.28. The van der Waals surface area contributed by atoms with Crippen LogP contribution in [0.4, 0.5) is 34.1 Å². The van der Waals surface area contributed by atoms with E-state index in [4.69, 9.17) is 0 Å². The van der Waals surface area contributed by atoms with Gasteiger partial charge in [-0.05, 0) is 130 Å². The topological polar surface area (TPSA) is 6.48 Å². The summed E-state index contributed by atoms with van der Waals surface area (Å²) in [6, 6.07) is 37.8. The molecule has 3 aliphatic rings. The van der Waals surface area contributed by atoms with Gasteiger partial charge in [-0.15, -0.1) is 11.3 Å². The zero-order chi connectivity index (χ0) is 34.9. The van der Waals surface area contributed by atoms with Crippen molar-refractivity contribution in [3.63, 3.8) is 0 Å². The molecule has 0 saturated carbocycles. The minimum Gasteiger partial charge on any atom is -0.311 e. The van der Waals surface area contributed by atoms with Crippen LogP contribution >= 0.6 is 11.3 Å². The van der Waals surface area contributed by atoms with Crippen molar-refractivity contribution in [3.8, 4) is 0 Å². The number of aryl methyl sites for hydroxylation is 2. The van der Waals surface area contributed by atoms with Gasteiger partial charge in [0.25, 0.3) is 6.71 Å². The van der Waals surface area contributed by atoms with Crippen LogP contribution in [0, 0.1) is 13.8 Å². The lowest BCUT2D eigenvalue weighted by atomic mass is 9.36. The summed E-state index contributed by atoms with van der Waals surface area (Å²) in [7, 11) is 0. The maximum atomic E-state index is 2.66. The Labute approximate surface area is 302 Å². The van der Waals surface area contributed by atoms with E-state index in [0.29, 0.717) is 0 Å². The van der Waals surface area contributed by atoms with Gasteiger partial charge < -0.3 is 9.80 Å². The number of thiophene rings is 1. The molecule has 0 spiro atoms. The second-order valence-corrected chi connectivity index (χ2v) is 18.6. The molecule has 9 rings (SSSR count). The zero-order valence-electron chi connectivity index (χ0n) is 31.0. The molecule has 0 fully saturated rings. The van der Waals surface area contributed by atoms with E-state index in [1.54, 1.807) is 0 Å². The molecule has 1 aliphatic carbocycles. The summed E-state index contributed by atoms with van der Waals surface area (Å²) in [4.78, 5) is 5.22. The number of anilines is 6. The van der Waals surface area contributed by atoms with Crippen molar-refractivity contribution in [2.75, 3.05) is 9.80 Å². The third kappa shape index (κ3) is 4.60. The molecule has 1 aromatic heterocycles. The molecule has 0 unspecified atom stereocenters. The number of fused-ring (bicyclic) bond motifs is 7. The molecular formula is C46H47BN2S. The lowest BCUT2D eigenvalue weighted by Crippen LogP contribution is -2.60. The van der Waals surface area contributed by atoms with Crippen molar-refractivity contribution in [2.24, 2.45) is 0 Å². The second-order valence-electron chi connectivity index (χ2n) is 17.5. The minimum absolute atomic E-state index is 0.0449. The highest BCUT2D eigenvalue weighted by molar-refractivity contribution is 7.33. The van der Waals surface area contributed by atoms with Crippen LogP contribution in [0.1, 0.15) is 89.1 Å². The van der Waals surface area contributed by atoms with Crippen LogP contribution in [-0.4, -0.2) is 6.71 Å². The van der Waals surface area contributed by atoms with E-state index in [0.717, 1.165) is 0 Å². The maximum Gasteiger partial charge on any atom is 0.264 e. The summed E-state index contributed by atoms with van der Waals surface area (Å²) >= 11 is 1.98. The molecule has 0 bridgehead atoms. The molecule has 5 aromatic carbocycles. The lowest BCUT2D eigenvalue weighted by molar-refractivity contribution is 0.332. The van der Waals surface area contributed by atoms with E-state index in [-0.39, 0.29) is 23.0 Å². The van der Waals surface area contributed by atoms with Gasteiger partial charge in [0, 0.05) is 43.3 Å². The predicted octanol–water partition coefficient (Wildman–Crippen LogP) is 11.2. The molecule has 0 N–H and O–H groups in total. The van der Waals surface area contributed by atoms with Crippen molar-refractivity contribution in [2.45, 2.75) is 91.4 Å². The molecule has 3 heterocycles. The highest BCUT2D eigenvalue weighted by Gasteiger charge is 2.46. The average molecular weight is 671 g/mol. The van der Waals surface area contributed by atoms with E-state index in [1.807, 2.05) is 11.3 Å². The van der Waals surface area contributed by atoms with Gasteiger partial charge in [0.1, 0.15) is 0 Å². The fourth-order valence-corrected chi connectivity index (χ4v) is 10.3. The quantitative estimate of drug-likeness (QED) is 0.169. The first-order valence-electron chi connectivity index (χ1n) is 18.4. The molecule has 6 aromatic rings. The Morgan fingerprint density at radius 3 is 2.06 bits per heavy atom. The summed E-state index contributed by atoms with van der Waals surface area (Å²) in [5.74, 6) is 0.